The minimum absolute atomic E-state index is 0.00815. The highest BCUT2D eigenvalue weighted by molar-refractivity contribution is 7.90. The Labute approximate surface area is 186 Å². The number of likely N-dealkylation sites (tertiary alicyclic amines) is 1. The van der Waals surface area contributed by atoms with Gasteiger partial charge >= 0.3 is 0 Å². The van der Waals surface area contributed by atoms with Crippen molar-refractivity contribution >= 4 is 21.5 Å². The molecule has 0 aromatic heterocycles. The van der Waals surface area contributed by atoms with Crippen LogP contribution >= 0.6 is 0 Å². The summed E-state index contributed by atoms with van der Waals surface area (Å²) in [7, 11) is -3.53. The molecule has 0 saturated carbocycles. The maximum Gasteiger partial charge on any atom is 0.257 e. The van der Waals surface area contributed by atoms with Gasteiger partial charge in [-0.15, -0.1) is 0 Å². The molecule has 3 rings (SSSR count). The van der Waals surface area contributed by atoms with Crippen molar-refractivity contribution in [2.45, 2.75) is 37.7 Å². The summed E-state index contributed by atoms with van der Waals surface area (Å²) in [6, 6.07) is 7.03. The lowest BCUT2D eigenvalue weighted by Gasteiger charge is -2.32. The quantitative estimate of drug-likeness (QED) is 0.605. The van der Waals surface area contributed by atoms with Gasteiger partial charge in [0.15, 0.2) is 15.6 Å². The summed E-state index contributed by atoms with van der Waals surface area (Å²) < 4.78 is 56.7. The van der Waals surface area contributed by atoms with E-state index in [2.05, 4.69) is 0 Å². The van der Waals surface area contributed by atoms with Crippen LogP contribution in [-0.4, -0.2) is 50.5 Å². The second kappa shape index (κ2) is 9.36. The summed E-state index contributed by atoms with van der Waals surface area (Å²) in [4.78, 5) is 27.4. The molecular weight excluding hydrogens is 440 g/mol. The van der Waals surface area contributed by atoms with E-state index in [0.29, 0.717) is 18.9 Å². The SMILES string of the molecule is CC(C)Oc1ccc(S(C)(=O)=O)cc1C(=O)N1CCC(C(=O)c2ccc(F)cc2F)CC1. The first kappa shape index (κ1) is 23.8. The molecule has 9 heteroatoms. The molecule has 0 radical (unpaired) electrons. The third kappa shape index (κ3) is 5.32. The van der Waals surface area contributed by atoms with E-state index in [4.69, 9.17) is 4.74 Å². The predicted molar refractivity (Wildman–Crippen MR) is 115 cm³/mol. The van der Waals surface area contributed by atoms with E-state index in [0.717, 1.165) is 18.4 Å². The van der Waals surface area contributed by atoms with Gasteiger partial charge in [0.25, 0.3) is 5.91 Å². The zero-order chi connectivity index (χ0) is 23.6. The number of amides is 1. The fraction of sp³-hybridized carbons (Fsp3) is 0.391. The second-order valence-electron chi connectivity index (χ2n) is 8.15. The van der Waals surface area contributed by atoms with Crippen molar-refractivity contribution in [3.05, 3.63) is 59.2 Å². The van der Waals surface area contributed by atoms with Crippen molar-refractivity contribution in [1.82, 2.24) is 4.90 Å². The molecule has 2 aromatic carbocycles. The van der Waals surface area contributed by atoms with Gasteiger partial charge in [0, 0.05) is 31.3 Å². The van der Waals surface area contributed by atoms with Crippen LogP contribution in [0.4, 0.5) is 8.78 Å². The maximum atomic E-state index is 14.0. The molecule has 6 nitrogen and oxygen atoms in total. The summed E-state index contributed by atoms with van der Waals surface area (Å²) in [6.45, 7) is 4.07. The van der Waals surface area contributed by atoms with Crippen molar-refractivity contribution in [2.75, 3.05) is 19.3 Å². The van der Waals surface area contributed by atoms with E-state index in [9.17, 15) is 26.8 Å². The average molecular weight is 466 g/mol. The van der Waals surface area contributed by atoms with Gasteiger partial charge in [-0.3, -0.25) is 9.59 Å². The van der Waals surface area contributed by atoms with Crippen molar-refractivity contribution in [2.24, 2.45) is 5.92 Å². The first-order valence-corrected chi connectivity index (χ1v) is 12.2. The molecule has 32 heavy (non-hydrogen) atoms. The number of halogens is 2. The molecular formula is C23H25F2NO5S. The van der Waals surface area contributed by atoms with Crippen LogP contribution in [0.25, 0.3) is 0 Å². The third-order valence-electron chi connectivity index (χ3n) is 5.32. The van der Waals surface area contributed by atoms with Crippen molar-refractivity contribution in [3.8, 4) is 5.75 Å². The Morgan fingerprint density at radius 2 is 1.69 bits per heavy atom. The van der Waals surface area contributed by atoms with E-state index in [-0.39, 0.29) is 41.0 Å². The Balaban J connectivity index is 1.78. The van der Waals surface area contributed by atoms with Crippen molar-refractivity contribution in [3.63, 3.8) is 0 Å². The molecule has 2 aromatic rings. The molecule has 0 bridgehead atoms. The molecule has 1 saturated heterocycles. The number of hydrogen-bond acceptors (Lipinski definition) is 5. The maximum absolute atomic E-state index is 14.0. The van der Waals surface area contributed by atoms with Crippen LogP contribution in [-0.2, 0) is 9.84 Å². The smallest absolute Gasteiger partial charge is 0.257 e. The molecule has 1 aliphatic heterocycles. The first-order chi connectivity index (χ1) is 15.0. The summed E-state index contributed by atoms with van der Waals surface area (Å²) >= 11 is 0. The fourth-order valence-electron chi connectivity index (χ4n) is 3.69. The van der Waals surface area contributed by atoms with Crippen LogP contribution in [0.2, 0.25) is 0 Å². The fourth-order valence-corrected chi connectivity index (χ4v) is 4.34. The largest absolute Gasteiger partial charge is 0.490 e. The van der Waals surface area contributed by atoms with Gasteiger partial charge in [-0.2, -0.15) is 0 Å². The van der Waals surface area contributed by atoms with E-state index < -0.39 is 39.1 Å². The van der Waals surface area contributed by atoms with Crippen molar-refractivity contribution < 1.29 is 31.5 Å². The molecule has 1 aliphatic rings. The Hall–Kier alpha value is -2.81. The number of sulfone groups is 1. The zero-order valence-electron chi connectivity index (χ0n) is 18.1. The summed E-state index contributed by atoms with van der Waals surface area (Å²) in [5.41, 5.74) is -0.0272. The molecule has 1 fully saturated rings. The van der Waals surface area contributed by atoms with Crippen molar-refractivity contribution in [1.29, 1.82) is 0 Å². The van der Waals surface area contributed by atoms with E-state index in [1.54, 1.807) is 13.8 Å². The molecule has 0 N–H and O–H groups in total. The van der Waals surface area contributed by atoms with Gasteiger partial charge in [0.05, 0.1) is 22.1 Å². The number of nitrogens with zero attached hydrogens (tertiary/aromatic N) is 1. The van der Waals surface area contributed by atoms with Gasteiger partial charge in [0.1, 0.15) is 17.4 Å². The standard InChI is InChI=1S/C23H25F2NO5S/c1-14(2)31-21-7-5-17(32(3,29)30)13-19(21)23(28)26-10-8-15(9-11-26)22(27)18-6-4-16(24)12-20(18)25/h4-7,12-15H,8-11H2,1-3H3. The highest BCUT2D eigenvalue weighted by Crippen LogP contribution is 2.29. The van der Waals surface area contributed by atoms with Crippen LogP contribution in [0.3, 0.4) is 0 Å². The normalized spacial score (nSPS) is 15.1. The topological polar surface area (TPSA) is 80.8 Å². The van der Waals surface area contributed by atoms with Crippen LogP contribution in [0.15, 0.2) is 41.3 Å². The van der Waals surface area contributed by atoms with Gasteiger partial charge in [-0.25, -0.2) is 17.2 Å². The minimum Gasteiger partial charge on any atom is -0.490 e. The van der Waals surface area contributed by atoms with Gasteiger partial charge < -0.3 is 9.64 Å². The van der Waals surface area contributed by atoms with E-state index in [1.807, 2.05) is 0 Å². The Kier molecular flexibility index (Phi) is 6.97. The average Bonchev–Trinajstić information content (AvgIpc) is 2.72. The van der Waals surface area contributed by atoms with Crippen LogP contribution < -0.4 is 4.74 Å². The highest BCUT2D eigenvalue weighted by Gasteiger charge is 2.31. The number of ether oxygens (including phenoxy) is 1. The molecule has 0 aliphatic carbocycles. The lowest BCUT2D eigenvalue weighted by molar-refractivity contribution is 0.0644. The molecule has 0 atom stereocenters. The van der Waals surface area contributed by atoms with Crippen LogP contribution in [0.5, 0.6) is 5.75 Å². The number of piperidine rings is 1. The molecule has 1 heterocycles. The molecule has 0 unspecified atom stereocenters. The van der Waals surface area contributed by atoms with Crippen LogP contribution in [0, 0.1) is 17.6 Å². The number of Topliss-reactive ketones (excluding diaryl/α,β-unsaturated/α-hetero) is 1. The first-order valence-electron chi connectivity index (χ1n) is 10.3. The lowest BCUT2D eigenvalue weighted by Crippen LogP contribution is -2.40. The highest BCUT2D eigenvalue weighted by atomic mass is 32.2. The number of carbonyl (C=O) groups excluding carboxylic acids is 2. The lowest BCUT2D eigenvalue weighted by atomic mass is 9.88. The predicted octanol–water partition coefficient (Wildman–Crippen LogP) is 3.89. The minimum atomic E-state index is -3.53. The number of rotatable bonds is 6. The molecule has 0 spiro atoms. The van der Waals surface area contributed by atoms with E-state index in [1.165, 1.54) is 23.1 Å². The van der Waals surface area contributed by atoms with Gasteiger partial charge in [-0.1, -0.05) is 0 Å². The van der Waals surface area contributed by atoms with E-state index >= 15 is 0 Å². The summed E-state index contributed by atoms with van der Waals surface area (Å²) in [6.07, 6.45) is 1.46. The van der Waals surface area contributed by atoms with Gasteiger partial charge in [-0.05, 0) is 57.0 Å². The Bertz CT molecular complexity index is 1140. The monoisotopic (exact) mass is 465 g/mol. The number of hydrogen-bond donors (Lipinski definition) is 0. The Morgan fingerprint density at radius 1 is 1.03 bits per heavy atom. The second-order valence-corrected chi connectivity index (χ2v) is 10.2. The summed E-state index contributed by atoms with van der Waals surface area (Å²) in [5, 5.41) is 0. The van der Waals surface area contributed by atoms with Crippen LogP contribution in [0.1, 0.15) is 47.4 Å². The molecule has 172 valence electrons. The number of ketones is 1. The zero-order valence-corrected chi connectivity index (χ0v) is 18.9. The number of carbonyl (C=O) groups is 2. The number of benzene rings is 2. The summed E-state index contributed by atoms with van der Waals surface area (Å²) in [5.74, 6) is -2.68. The Morgan fingerprint density at radius 3 is 2.25 bits per heavy atom. The van der Waals surface area contributed by atoms with Gasteiger partial charge in [0.2, 0.25) is 0 Å². The molecule has 1 amide bonds. The third-order valence-corrected chi connectivity index (χ3v) is 6.43.